The summed E-state index contributed by atoms with van der Waals surface area (Å²) in [6.45, 7) is 0.722. The number of halogens is 1. The molecule has 1 atom stereocenters. The Morgan fingerprint density at radius 2 is 1.93 bits per heavy atom. The van der Waals surface area contributed by atoms with Gasteiger partial charge in [-0.1, -0.05) is 36.4 Å². The van der Waals surface area contributed by atoms with E-state index < -0.39 is 11.3 Å². The number of nitrogens with one attached hydrogen (secondary N) is 1. The Morgan fingerprint density at radius 3 is 2.62 bits per heavy atom. The second-order valence-corrected chi connectivity index (χ2v) is 7.48. The molecule has 0 saturated carbocycles. The summed E-state index contributed by atoms with van der Waals surface area (Å²) >= 11 is 0. The number of H-pyrrole nitrogens is 1. The van der Waals surface area contributed by atoms with E-state index in [4.69, 9.17) is 5.73 Å². The van der Waals surface area contributed by atoms with Crippen molar-refractivity contribution in [1.29, 1.82) is 0 Å². The molecular weight excluding hydrogens is 371 g/mol. The van der Waals surface area contributed by atoms with Crippen LogP contribution in [0.4, 0.5) is 4.39 Å². The van der Waals surface area contributed by atoms with Crippen LogP contribution in [-0.2, 0) is 11.2 Å². The molecule has 4 rings (SSSR count). The van der Waals surface area contributed by atoms with E-state index in [9.17, 15) is 14.0 Å². The fraction of sp³-hybridized carbons (Fsp3) is 0.227. The largest absolute Gasteiger partial charge is 0.369 e. The zero-order chi connectivity index (χ0) is 20.4. The molecule has 29 heavy (non-hydrogen) atoms. The number of rotatable bonds is 5. The molecule has 0 aliphatic carbocycles. The number of hydrogen-bond acceptors (Lipinski definition) is 3. The highest BCUT2D eigenvalue weighted by molar-refractivity contribution is 5.93. The molecule has 1 aliphatic rings. The number of aromatic amines is 1. The maximum Gasteiger partial charge on any atom is 0.271 e. The average Bonchev–Trinajstić information content (AvgIpc) is 3.39. The minimum atomic E-state index is -0.822. The van der Waals surface area contributed by atoms with Gasteiger partial charge in [0.15, 0.2) is 0 Å². The maximum absolute atomic E-state index is 13.2. The lowest BCUT2D eigenvalue weighted by atomic mass is 9.79. The van der Waals surface area contributed by atoms with Crippen molar-refractivity contribution >= 4 is 11.8 Å². The van der Waals surface area contributed by atoms with Gasteiger partial charge >= 0.3 is 0 Å². The van der Waals surface area contributed by atoms with Gasteiger partial charge in [-0.3, -0.25) is 14.7 Å². The highest BCUT2D eigenvalue weighted by Gasteiger charge is 2.45. The fourth-order valence-corrected chi connectivity index (χ4v) is 3.92. The van der Waals surface area contributed by atoms with E-state index >= 15 is 0 Å². The van der Waals surface area contributed by atoms with Crippen molar-refractivity contribution < 1.29 is 14.0 Å². The van der Waals surface area contributed by atoms with Gasteiger partial charge in [-0.05, 0) is 47.7 Å². The van der Waals surface area contributed by atoms with Gasteiger partial charge in [0.1, 0.15) is 11.5 Å². The van der Waals surface area contributed by atoms with Crippen molar-refractivity contribution in [3.05, 3.63) is 77.9 Å². The first kappa shape index (κ1) is 18.9. The number of aromatic nitrogens is 2. The topological polar surface area (TPSA) is 92.1 Å². The SMILES string of the molecule is NC(=O)[C@]1(Cc2cccc(-c3ccc(F)cc3)c2)CCN(C(=O)c2ccn[nH]2)C1. The van der Waals surface area contributed by atoms with Crippen LogP contribution in [0.15, 0.2) is 60.8 Å². The summed E-state index contributed by atoms with van der Waals surface area (Å²) in [6, 6.07) is 15.7. The number of primary amides is 1. The van der Waals surface area contributed by atoms with Crippen molar-refractivity contribution in [3.8, 4) is 11.1 Å². The van der Waals surface area contributed by atoms with Gasteiger partial charge in [-0.2, -0.15) is 5.10 Å². The van der Waals surface area contributed by atoms with Gasteiger partial charge in [0.2, 0.25) is 5.91 Å². The summed E-state index contributed by atoms with van der Waals surface area (Å²) in [5.74, 6) is -0.888. The standard InChI is InChI=1S/C22H21FN4O2/c23-18-6-4-16(5-7-18)17-3-1-2-15(12-17)13-22(21(24)29)9-11-27(14-22)20(28)19-8-10-25-26-19/h1-8,10,12H,9,11,13-14H2,(H2,24,29)(H,25,26)/t22-/m0/s1. The van der Waals surface area contributed by atoms with Gasteiger partial charge in [0.05, 0.1) is 5.41 Å². The van der Waals surface area contributed by atoms with E-state index in [0.717, 1.165) is 16.7 Å². The quantitative estimate of drug-likeness (QED) is 0.699. The Labute approximate surface area is 167 Å². The highest BCUT2D eigenvalue weighted by Crippen LogP contribution is 2.35. The van der Waals surface area contributed by atoms with E-state index in [2.05, 4.69) is 10.2 Å². The molecule has 0 bridgehead atoms. The van der Waals surface area contributed by atoms with Gasteiger partial charge in [-0.15, -0.1) is 0 Å². The zero-order valence-electron chi connectivity index (χ0n) is 15.8. The fourth-order valence-electron chi connectivity index (χ4n) is 3.92. The predicted octanol–water partition coefficient (Wildman–Crippen LogP) is 2.78. The van der Waals surface area contributed by atoms with Gasteiger partial charge < -0.3 is 10.6 Å². The molecule has 0 radical (unpaired) electrons. The van der Waals surface area contributed by atoms with Crippen LogP contribution in [0.5, 0.6) is 0 Å². The summed E-state index contributed by atoms with van der Waals surface area (Å²) in [6.07, 6.45) is 2.46. The van der Waals surface area contributed by atoms with Crippen molar-refractivity contribution in [2.45, 2.75) is 12.8 Å². The number of carbonyl (C=O) groups is 2. The number of nitrogens with two attached hydrogens (primary N) is 1. The summed E-state index contributed by atoms with van der Waals surface area (Å²) in [5, 5.41) is 6.48. The Bertz CT molecular complexity index is 1030. The van der Waals surface area contributed by atoms with Crippen LogP contribution >= 0.6 is 0 Å². The third-order valence-electron chi connectivity index (χ3n) is 5.54. The summed E-state index contributed by atoms with van der Waals surface area (Å²) < 4.78 is 13.2. The lowest BCUT2D eigenvalue weighted by molar-refractivity contribution is -0.126. The van der Waals surface area contributed by atoms with Crippen LogP contribution in [0, 0.1) is 11.2 Å². The van der Waals surface area contributed by atoms with Crippen LogP contribution in [-0.4, -0.2) is 40.0 Å². The molecular formula is C22H21FN4O2. The Kier molecular flexibility index (Phi) is 4.88. The van der Waals surface area contributed by atoms with Crippen LogP contribution in [0.1, 0.15) is 22.5 Å². The lowest BCUT2D eigenvalue weighted by Gasteiger charge is -2.26. The highest BCUT2D eigenvalue weighted by atomic mass is 19.1. The molecule has 1 aromatic heterocycles. The Balaban J connectivity index is 1.56. The third-order valence-corrected chi connectivity index (χ3v) is 5.54. The molecule has 0 unspecified atom stereocenters. The van der Waals surface area contributed by atoms with Crippen molar-refractivity contribution in [2.75, 3.05) is 13.1 Å². The minimum Gasteiger partial charge on any atom is -0.369 e. The second kappa shape index (κ2) is 7.50. The van der Waals surface area contributed by atoms with Crippen LogP contribution in [0.3, 0.4) is 0 Å². The number of benzene rings is 2. The summed E-state index contributed by atoms with van der Waals surface area (Å²) in [5.41, 5.74) is 8.13. The summed E-state index contributed by atoms with van der Waals surface area (Å²) in [7, 11) is 0. The number of nitrogens with zero attached hydrogens (tertiary/aromatic N) is 2. The number of hydrogen-bond donors (Lipinski definition) is 2. The molecule has 1 aliphatic heterocycles. The van der Waals surface area contributed by atoms with Crippen molar-refractivity contribution in [1.82, 2.24) is 15.1 Å². The zero-order valence-corrected chi connectivity index (χ0v) is 15.8. The van der Waals surface area contributed by atoms with Crippen molar-refractivity contribution in [2.24, 2.45) is 11.1 Å². The van der Waals surface area contributed by atoms with E-state index in [1.807, 2.05) is 24.3 Å². The second-order valence-electron chi connectivity index (χ2n) is 7.48. The molecule has 3 N–H and O–H groups in total. The number of likely N-dealkylation sites (tertiary alicyclic amines) is 1. The van der Waals surface area contributed by atoms with Gasteiger partial charge in [-0.25, -0.2) is 4.39 Å². The average molecular weight is 392 g/mol. The first-order valence-corrected chi connectivity index (χ1v) is 9.40. The number of amides is 2. The molecule has 1 saturated heterocycles. The Morgan fingerprint density at radius 1 is 1.14 bits per heavy atom. The van der Waals surface area contributed by atoms with E-state index in [0.29, 0.717) is 25.1 Å². The lowest BCUT2D eigenvalue weighted by Crippen LogP contribution is -2.42. The maximum atomic E-state index is 13.2. The minimum absolute atomic E-state index is 0.189. The molecule has 3 aromatic rings. The first-order chi connectivity index (χ1) is 14.0. The molecule has 148 valence electrons. The molecule has 2 amide bonds. The predicted molar refractivity (Wildman–Crippen MR) is 106 cm³/mol. The Hall–Kier alpha value is -3.48. The van der Waals surface area contributed by atoms with Gasteiger partial charge in [0, 0.05) is 19.3 Å². The van der Waals surface area contributed by atoms with E-state index in [1.54, 1.807) is 23.1 Å². The molecule has 6 nitrogen and oxygen atoms in total. The molecule has 2 aromatic carbocycles. The van der Waals surface area contributed by atoms with Crippen LogP contribution < -0.4 is 5.73 Å². The third kappa shape index (κ3) is 3.76. The molecule has 1 fully saturated rings. The van der Waals surface area contributed by atoms with Crippen LogP contribution in [0.25, 0.3) is 11.1 Å². The normalized spacial score (nSPS) is 18.7. The van der Waals surface area contributed by atoms with Gasteiger partial charge in [0.25, 0.3) is 5.91 Å². The van der Waals surface area contributed by atoms with E-state index in [1.165, 1.54) is 18.3 Å². The first-order valence-electron chi connectivity index (χ1n) is 9.40. The molecule has 0 spiro atoms. The van der Waals surface area contributed by atoms with Crippen LogP contribution in [0.2, 0.25) is 0 Å². The number of carbonyl (C=O) groups excluding carboxylic acids is 2. The summed E-state index contributed by atoms with van der Waals surface area (Å²) in [4.78, 5) is 26.6. The molecule has 2 heterocycles. The monoisotopic (exact) mass is 392 g/mol. The van der Waals surface area contributed by atoms with E-state index in [-0.39, 0.29) is 18.3 Å². The smallest absolute Gasteiger partial charge is 0.271 e. The molecule has 7 heteroatoms. The van der Waals surface area contributed by atoms with Crippen molar-refractivity contribution in [3.63, 3.8) is 0 Å².